The van der Waals surface area contributed by atoms with Crippen molar-refractivity contribution in [2.24, 2.45) is 0 Å². The van der Waals surface area contributed by atoms with Crippen LogP contribution in [0.5, 0.6) is 0 Å². The molecule has 0 nitrogen and oxygen atoms in total. The topological polar surface area (TPSA) is 0 Å². The molecule has 0 saturated carbocycles. The van der Waals surface area contributed by atoms with Crippen LogP contribution in [0.1, 0.15) is 80.7 Å². The first kappa shape index (κ1) is 8.59. The zero-order valence-corrected chi connectivity index (χ0v) is 8.81. The Bertz CT molecular complexity index is 113. The Balaban J connectivity index is 3.06. The first-order valence-electron chi connectivity index (χ1n) is 6.68. The van der Waals surface area contributed by atoms with E-state index in [4.69, 9.17) is 2.74 Å². The fraction of sp³-hybridized carbons (Fsp3) is 1.00. The maximum absolute atomic E-state index is 7.59. The van der Waals surface area contributed by atoms with Crippen LogP contribution in [0.3, 0.4) is 0 Å². The normalized spacial score (nSPS) is 18.2. The Morgan fingerprint density at radius 1 is 0.750 bits per heavy atom. The Morgan fingerprint density at radius 3 is 1.75 bits per heavy atom. The van der Waals surface area contributed by atoms with Gasteiger partial charge < -0.3 is 0 Å². The second-order valence-electron chi connectivity index (χ2n) is 3.48. The molecule has 0 aromatic rings. The van der Waals surface area contributed by atoms with Gasteiger partial charge in [0.2, 0.25) is 0 Å². The van der Waals surface area contributed by atoms with E-state index in [1.807, 2.05) is 6.92 Å². The van der Waals surface area contributed by atoms with Gasteiger partial charge in [0.25, 0.3) is 0 Å². The number of hydrogen-bond acceptors (Lipinski definition) is 0. The van der Waals surface area contributed by atoms with E-state index >= 15 is 0 Å². The predicted octanol–water partition coefficient (Wildman–Crippen LogP) is 4.93. The summed E-state index contributed by atoms with van der Waals surface area (Å²) in [6, 6.07) is 0. The summed E-state index contributed by atoms with van der Waals surface area (Å²) in [5.74, 6) is 0. The summed E-state index contributed by atoms with van der Waals surface area (Å²) < 4.78 is 15.0. The zero-order valence-electron chi connectivity index (χ0n) is 10.8. The highest BCUT2D eigenvalue weighted by Crippen LogP contribution is 2.09. The summed E-state index contributed by atoms with van der Waals surface area (Å²) in [7, 11) is 0. The smallest absolute Gasteiger partial charge is 0.0266 e. The van der Waals surface area contributed by atoms with Crippen molar-refractivity contribution < 1.29 is 2.74 Å². The van der Waals surface area contributed by atoms with Crippen molar-refractivity contribution in [3.8, 4) is 0 Å². The van der Waals surface area contributed by atoms with Crippen molar-refractivity contribution in [3.63, 3.8) is 0 Å². The average Bonchev–Trinajstić information content (AvgIpc) is 2.16. The molecule has 0 aliphatic carbocycles. The van der Waals surface area contributed by atoms with Crippen LogP contribution in [-0.2, 0) is 0 Å². The fourth-order valence-corrected chi connectivity index (χ4v) is 1.39. The van der Waals surface area contributed by atoms with Crippen molar-refractivity contribution in [1.82, 2.24) is 0 Å². The minimum Gasteiger partial charge on any atom is -0.0654 e. The van der Waals surface area contributed by atoms with Crippen LogP contribution >= 0.6 is 0 Å². The zero-order chi connectivity index (χ0) is 10.8. The highest BCUT2D eigenvalue weighted by molar-refractivity contribution is 4.45. The third-order valence-corrected chi connectivity index (χ3v) is 2.21. The lowest BCUT2D eigenvalue weighted by molar-refractivity contribution is 0.562. The molecular formula is C12H26. The number of rotatable bonds is 9. The second-order valence-corrected chi connectivity index (χ2v) is 3.48. The van der Waals surface area contributed by atoms with E-state index in [1.54, 1.807) is 0 Å². The van der Waals surface area contributed by atoms with Gasteiger partial charge in [0.1, 0.15) is 0 Å². The van der Waals surface area contributed by atoms with Gasteiger partial charge in [-0.1, -0.05) is 78.0 Å². The van der Waals surface area contributed by atoms with Crippen LogP contribution < -0.4 is 0 Å². The van der Waals surface area contributed by atoms with Crippen LogP contribution in [0, 0.1) is 0 Å². The highest BCUT2D eigenvalue weighted by atomic mass is 14.0. The Hall–Kier alpha value is 0. The van der Waals surface area contributed by atoms with E-state index in [0.717, 1.165) is 12.8 Å². The Labute approximate surface area is 81.6 Å². The van der Waals surface area contributed by atoms with Crippen molar-refractivity contribution in [2.75, 3.05) is 0 Å². The fourth-order valence-electron chi connectivity index (χ4n) is 1.39. The molecule has 0 bridgehead atoms. The third kappa shape index (κ3) is 10.0. The van der Waals surface area contributed by atoms with Crippen LogP contribution in [0.2, 0.25) is 0 Å². The average molecular weight is 172 g/mol. The molecule has 0 radical (unpaired) electrons. The Kier molecular flexibility index (Phi) is 7.88. The maximum Gasteiger partial charge on any atom is 0.0266 e. The molecule has 0 aliphatic rings. The molecule has 0 fully saturated rings. The molecule has 12 heavy (non-hydrogen) atoms. The summed E-state index contributed by atoms with van der Waals surface area (Å²) in [6.07, 6.45) is 9.66. The summed E-state index contributed by atoms with van der Waals surface area (Å²) >= 11 is 0. The lowest BCUT2D eigenvalue weighted by Crippen LogP contribution is -1.80. The second kappa shape index (κ2) is 11.0. The molecule has 0 saturated heterocycles. The van der Waals surface area contributed by atoms with Gasteiger partial charge >= 0.3 is 0 Å². The molecule has 0 heterocycles. The quantitative estimate of drug-likeness (QED) is 0.433. The minimum absolute atomic E-state index is 0.161. The molecule has 0 spiro atoms. The van der Waals surface area contributed by atoms with Crippen LogP contribution in [0.15, 0.2) is 0 Å². The van der Waals surface area contributed by atoms with E-state index in [-0.39, 0.29) is 12.8 Å². The lowest BCUT2D eigenvalue weighted by atomic mass is 10.1. The van der Waals surface area contributed by atoms with E-state index < -0.39 is 0 Å². The maximum atomic E-state index is 7.59. The van der Waals surface area contributed by atoms with Crippen molar-refractivity contribution in [1.29, 1.82) is 0 Å². The Morgan fingerprint density at radius 2 is 1.25 bits per heavy atom. The van der Waals surface area contributed by atoms with E-state index in [9.17, 15) is 0 Å². The van der Waals surface area contributed by atoms with Gasteiger partial charge in [0, 0.05) is 2.74 Å². The van der Waals surface area contributed by atoms with E-state index in [2.05, 4.69) is 6.92 Å². The molecular weight excluding hydrogens is 144 g/mol. The molecule has 0 aromatic heterocycles. The summed E-state index contributed by atoms with van der Waals surface area (Å²) in [5, 5.41) is 0. The molecule has 0 amide bonds. The summed E-state index contributed by atoms with van der Waals surface area (Å²) in [4.78, 5) is 0. The standard InChI is InChI=1S/C12H26/c1-3-5-7-9-11-12-10-8-6-4-2/h3-12H2,1-2H3/i3D,5D. The SMILES string of the molecule is [2H]C(C)C([2H])CCCCCCCCC. The third-order valence-electron chi connectivity index (χ3n) is 2.21. The van der Waals surface area contributed by atoms with Crippen LogP contribution in [-0.4, -0.2) is 0 Å². The summed E-state index contributed by atoms with van der Waals surface area (Å²) in [5.41, 5.74) is 0. The van der Waals surface area contributed by atoms with E-state index in [0.29, 0.717) is 0 Å². The van der Waals surface area contributed by atoms with Gasteiger partial charge in [-0.3, -0.25) is 0 Å². The van der Waals surface area contributed by atoms with Crippen molar-refractivity contribution in [2.45, 2.75) is 78.0 Å². The summed E-state index contributed by atoms with van der Waals surface area (Å²) in [6.45, 7) is 4.05. The first-order chi connectivity index (χ1) is 6.68. The predicted molar refractivity (Wildman–Crippen MR) is 57.5 cm³/mol. The van der Waals surface area contributed by atoms with Crippen LogP contribution in [0.4, 0.5) is 0 Å². The molecule has 0 aromatic carbocycles. The number of hydrogen-bond donors (Lipinski definition) is 0. The van der Waals surface area contributed by atoms with Gasteiger partial charge in [-0.05, 0) is 0 Å². The lowest BCUT2D eigenvalue weighted by Gasteiger charge is -1.99. The highest BCUT2D eigenvalue weighted by Gasteiger charge is 1.90. The molecule has 0 aliphatic heterocycles. The first-order valence-corrected chi connectivity index (χ1v) is 5.53. The molecule has 2 atom stereocenters. The molecule has 2 unspecified atom stereocenters. The van der Waals surface area contributed by atoms with E-state index in [1.165, 1.54) is 38.5 Å². The monoisotopic (exact) mass is 172 g/mol. The van der Waals surface area contributed by atoms with Crippen molar-refractivity contribution in [3.05, 3.63) is 0 Å². The largest absolute Gasteiger partial charge is 0.0654 e. The van der Waals surface area contributed by atoms with Gasteiger partial charge in [0.15, 0.2) is 0 Å². The molecule has 74 valence electrons. The minimum atomic E-state index is -0.213. The van der Waals surface area contributed by atoms with Gasteiger partial charge in [-0.25, -0.2) is 0 Å². The van der Waals surface area contributed by atoms with Gasteiger partial charge in [-0.15, -0.1) is 0 Å². The molecule has 0 N–H and O–H groups in total. The van der Waals surface area contributed by atoms with Gasteiger partial charge in [-0.2, -0.15) is 0 Å². The van der Waals surface area contributed by atoms with Gasteiger partial charge in [0.05, 0.1) is 0 Å². The number of unbranched alkanes of at least 4 members (excludes halogenated alkanes) is 6. The van der Waals surface area contributed by atoms with Crippen LogP contribution in [0.25, 0.3) is 0 Å². The van der Waals surface area contributed by atoms with Crippen molar-refractivity contribution >= 4 is 0 Å². The molecule has 0 heteroatoms. The molecule has 0 rings (SSSR count).